The van der Waals surface area contributed by atoms with Crippen LogP contribution < -0.4 is 10.6 Å². The van der Waals surface area contributed by atoms with Gasteiger partial charge in [-0.25, -0.2) is 4.79 Å². The highest BCUT2D eigenvalue weighted by atomic mass is 16.5. The number of hydrogen-bond acceptors (Lipinski definition) is 6. The van der Waals surface area contributed by atoms with Gasteiger partial charge in [0, 0.05) is 12.1 Å². The van der Waals surface area contributed by atoms with Gasteiger partial charge >= 0.3 is 11.9 Å². The highest BCUT2D eigenvalue weighted by Gasteiger charge is 2.39. The Morgan fingerprint density at radius 2 is 1.82 bits per heavy atom. The lowest BCUT2D eigenvalue weighted by molar-refractivity contribution is -0.150. The van der Waals surface area contributed by atoms with Crippen molar-refractivity contribution >= 4 is 23.8 Å². The Morgan fingerprint density at radius 3 is 2.39 bits per heavy atom. The van der Waals surface area contributed by atoms with E-state index in [4.69, 9.17) is 4.74 Å². The molecule has 1 aromatic carbocycles. The maximum atomic E-state index is 13.0. The predicted molar refractivity (Wildman–Crippen MR) is 123 cm³/mol. The first-order chi connectivity index (χ1) is 15.6. The van der Waals surface area contributed by atoms with Gasteiger partial charge in [-0.15, -0.1) is 0 Å². The summed E-state index contributed by atoms with van der Waals surface area (Å²) in [6, 6.07) is 5.34. The second-order valence-corrected chi connectivity index (χ2v) is 8.72. The van der Waals surface area contributed by atoms with Gasteiger partial charge in [0.1, 0.15) is 12.1 Å². The molecule has 1 fully saturated rings. The number of aliphatic carboxylic acids is 1. The number of carbonyl (C=O) groups excluding carboxylic acids is 3. The first kappa shape index (κ1) is 26.3. The molecule has 0 saturated carbocycles. The lowest BCUT2D eigenvalue weighted by atomic mass is 9.96. The zero-order valence-corrected chi connectivity index (χ0v) is 19.7. The monoisotopic (exact) mass is 461 g/mol. The Morgan fingerprint density at radius 1 is 1.15 bits per heavy atom. The van der Waals surface area contributed by atoms with E-state index in [1.165, 1.54) is 4.90 Å². The number of carboxylic acids is 1. The second-order valence-electron chi connectivity index (χ2n) is 8.72. The molecule has 9 nitrogen and oxygen atoms in total. The van der Waals surface area contributed by atoms with Gasteiger partial charge in [-0.05, 0) is 51.2 Å². The number of carbonyl (C=O) groups is 4. The Hall–Kier alpha value is -2.94. The average Bonchev–Trinajstić information content (AvgIpc) is 3.27. The molecule has 4 atom stereocenters. The summed E-state index contributed by atoms with van der Waals surface area (Å²) in [6.45, 7) is 7.72. The normalized spacial score (nSPS) is 18.5. The number of ether oxygens (including phenoxy) is 1. The Balaban J connectivity index is 2.24. The van der Waals surface area contributed by atoms with Crippen molar-refractivity contribution in [3.63, 3.8) is 0 Å². The summed E-state index contributed by atoms with van der Waals surface area (Å²) >= 11 is 0. The maximum absolute atomic E-state index is 13.0. The van der Waals surface area contributed by atoms with Gasteiger partial charge in [0.25, 0.3) is 5.91 Å². The summed E-state index contributed by atoms with van der Waals surface area (Å²) in [4.78, 5) is 51.6. The van der Waals surface area contributed by atoms with Crippen LogP contribution in [0, 0.1) is 5.92 Å². The van der Waals surface area contributed by atoms with Gasteiger partial charge in [0.2, 0.25) is 5.91 Å². The molecular weight excluding hydrogens is 426 g/mol. The molecule has 2 rings (SSSR count). The molecule has 33 heavy (non-hydrogen) atoms. The lowest BCUT2D eigenvalue weighted by Crippen LogP contribution is -2.60. The third-order valence-electron chi connectivity index (χ3n) is 5.64. The molecule has 1 aliphatic heterocycles. The number of rotatable bonds is 11. The Kier molecular flexibility index (Phi) is 9.84. The predicted octanol–water partition coefficient (Wildman–Crippen LogP) is 1.82. The average molecular weight is 462 g/mol. The van der Waals surface area contributed by atoms with Crippen molar-refractivity contribution in [3.8, 4) is 0 Å². The molecule has 182 valence electrons. The molecule has 9 heteroatoms. The minimum atomic E-state index is -1.04. The smallest absolute Gasteiger partial charge is 0.326 e. The van der Waals surface area contributed by atoms with E-state index in [0.717, 1.165) is 0 Å². The fourth-order valence-electron chi connectivity index (χ4n) is 4.08. The number of amides is 2. The molecule has 1 aliphatic rings. The SMILES string of the molecule is CCOC(=O)C(NC(C)C(=O)N1CCC[C@H]1C(=O)O)C(CC(C)C)NC(=O)c1ccccc1. The summed E-state index contributed by atoms with van der Waals surface area (Å²) in [7, 11) is 0. The zero-order chi connectivity index (χ0) is 24.5. The maximum Gasteiger partial charge on any atom is 0.326 e. The molecule has 0 bridgehead atoms. The molecule has 1 heterocycles. The Bertz CT molecular complexity index is 829. The van der Waals surface area contributed by atoms with Crippen LogP contribution in [0.4, 0.5) is 0 Å². The molecular formula is C24H35N3O6. The largest absolute Gasteiger partial charge is 0.480 e. The van der Waals surface area contributed by atoms with E-state index in [1.807, 2.05) is 13.8 Å². The molecule has 3 unspecified atom stereocenters. The van der Waals surface area contributed by atoms with Crippen LogP contribution in [0.3, 0.4) is 0 Å². The summed E-state index contributed by atoms with van der Waals surface area (Å²) < 4.78 is 5.25. The van der Waals surface area contributed by atoms with Crippen LogP contribution in [0.2, 0.25) is 0 Å². The van der Waals surface area contributed by atoms with Crippen molar-refractivity contribution in [1.82, 2.24) is 15.5 Å². The van der Waals surface area contributed by atoms with Crippen LogP contribution in [-0.4, -0.2) is 71.1 Å². The van der Waals surface area contributed by atoms with Gasteiger partial charge in [0.05, 0.1) is 18.7 Å². The van der Waals surface area contributed by atoms with Gasteiger partial charge in [0.15, 0.2) is 0 Å². The highest BCUT2D eigenvalue weighted by molar-refractivity contribution is 5.95. The van der Waals surface area contributed by atoms with Crippen LogP contribution in [0.15, 0.2) is 30.3 Å². The summed E-state index contributed by atoms with van der Waals surface area (Å²) in [5.74, 6) is -2.20. The second kappa shape index (κ2) is 12.3. The van der Waals surface area contributed by atoms with Crippen LogP contribution in [0.5, 0.6) is 0 Å². The molecule has 3 N–H and O–H groups in total. The molecule has 1 aromatic rings. The fraction of sp³-hybridized carbons (Fsp3) is 0.583. The topological polar surface area (TPSA) is 125 Å². The number of likely N-dealkylation sites (tertiary alicyclic amines) is 1. The van der Waals surface area contributed by atoms with Crippen molar-refractivity contribution < 1.29 is 29.0 Å². The number of nitrogens with zero attached hydrogens (tertiary/aromatic N) is 1. The standard InChI is InChI=1S/C24H35N3O6/c1-5-33-24(32)20(25-16(4)22(29)27-13-9-12-19(27)23(30)31)18(14-15(2)3)26-21(28)17-10-7-6-8-11-17/h6-8,10-11,15-16,18-20,25H,5,9,12-14H2,1-4H3,(H,26,28)(H,30,31)/t16?,18?,19-,20?/m0/s1. The fourth-order valence-corrected chi connectivity index (χ4v) is 4.08. The van der Waals surface area contributed by atoms with Crippen molar-refractivity contribution in [1.29, 1.82) is 0 Å². The van der Waals surface area contributed by atoms with Crippen molar-refractivity contribution in [2.45, 2.75) is 71.1 Å². The minimum Gasteiger partial charge on any atom is -0.480 e. The van der Waals surface area contributed by atoms with Crippen molar-refractivity contribution in [3.05, 3.63) is 35.9 Å². The molecule has 2 amide bonds. The summed E-state index contributed by atoms with van der Waals surface area (Å²) in [5.41, 5.74) is 0.458. The van der Waals surface area contributed by atoms with E-state index in [1.54, 1.807) is 44.2 Å². The van der Waals surface area contributed by atoms with E-state index in [2.05, 4.69) is 10.6 Å². The van der Waals surface area contributed by atoms with Crippen LogP contribution in [0.1, 0.15) is 57.3 Å². The van der Waals surface area contributed by atoms with Crippen LogP contribution >= 0.6 is 0 Å². The van der Waals surface area contributed by atoms with Gasteiger partial charge in [-0.3, -0.25) is 19.7 Å². The minimum absolute atomic E-state index is 0.144. The van der Waals surface area contributed by atoms with E-state index in [9.17, 15) is 24.3 Å². The van der Waals surface area contributed by atoms with Crippen molar-refractivity contribution in [2.24, 2.45) is 5.92 Å². The number of esters is 1. The van der Waals surface area contributed by atoms with Crippen LogP contribution in [-0.2, 0) is 19.1 Å². The molecule has 0 aliphatic carbocycles. The van der Waals surface area contributed by atoms with E-state index < -0.39 is 42.0 Å². The van der Waals surface area contributed by atoms with Gasteiger partial charge < -0.3 is 20.1 Å². The number of benzene rings is 1. The molecule has 1 saturated heterocycles. The van der Waals surface area contributed by atoms with Crippen molar-refractivity contribution in [2.75, 3.05) is 13.2 Å². The molecule has 0 aromatic heterocycles. The zero-order valence-electron chi connectivity index (χ0n) is 19.7. The van der Waals surface area contributed by atoms with Gasteiger partial charge in [-0.2, -0.15) is 0 Å². The molecule has 0 spiro atoms. The van der Waals surface area contributed by atoms with Crippen LogP contribution in [0.25, 0.3) is 0 Å². The first-order valence-corrected chi connectivity index (χ1v) is 11.5. The highest BCUT2D eigenvalue weighted by Crippen LogP contribution is 2.19. The van der Waals surface area contributed by atoms with E-state index in [0.29, 0.717) is 31.4 Å². The quantitative estimate of drug-likeness (QED) is 0.429. The number of carboxylic acid groups (broad SMARTS) is 1. The summed E-state index contributed by atoms with van der Waals surface area (Å²) in [5, 5.41) is 15.4. The molecule has 0 radical (unpaired) electrons. The Labute approximate surface area is 194 Å². The van der Waals surface area contributed by atoms with E-state index in [-0.39, 0.29) is 18.4 Å². The van der Waals surface area contributed by atoms with E-state index >= 15 is 0 Å². The first-order valence-electron chi connectivity index (χ1n) is 11.5. The third-order valence-corrected chi connectivity index (χ3v) is 5.64. The third kappa shape index (κ3) is 7.28. The number of nitrogens with one attached hydrogen (secondary N) is 2. The number of hydrogen-bond donors (Lipinski definition) is 3. The van der Waals surface area contributed by atoms with Gasteiger partial charge in [-0.1, -0.05) is 32.0 Å². The summed E-state index contributed by atoms with van der Waals surface area (Å²) in [6.07, 6.45) is 1.48. The lowest BCUT2D eigenvalue weighted by Gasteiger charge is -2.32.